The Morgan fingerprint density at radius 1 is 1.19 bits per heavy atom. The van der Waals surface area contributed by atoms with Crippen molar-refractivity contribution in [1.82, 2.24) is 14.8 Å². The van der Waals surface area contributed by atoms with E-state index in [-0.39, 0.29) is 22.9 Å². The molecule has 0 saturated carbocycles. The molecule has 2 N–H and O–H groups in total. The highest BCUT2D eigenvalue weighted by molar-refractivity contribution is 5.95. The maximum absolute atomic E-state index is 12.0. The first-order chi connectivity index (χ1) is 12.9. The fourth-order valence-electron chi connectivity index (χ4n) is 2.74. The van der Waals surface area contributed by atoms with E-state index in [0.717, 1.165) is 5.56 Å². The molecule has 1 aromatic carbocycles. The number of aromatic nitrogens is 3. The summed E-state index contributed by atoms with van der Waals surface area (Å²) in [5, 5.41) is 13.8. The van der Waals surface area contributed by atoms with Crippen LogP contribution < -0.4 is 11.3 Å². The molecule has 0 atom stereocenters. The van der Waals surface area contributed by atoms with Gasteiger partial charge in [-0.1, -0.05) is 30.3 Å². The molecule has 1 amide bonds. The van der Waals surface area contributed by atoms with Gasteiger partial charge in [-0.15, -0.1) is 0 Å². The van der Waals surface area contributed by atoms with Gasteiger partial charge in [-0.2, -0.15) is 10.4 Å². The van der Waals surface area contributed by atoms with Gasteiger partial charge < -0.3 is 5.73 Å². The SMILES string of the molecule is CC(C)n1nc(-c2cc(C#N)c(C(N)=O)nc2-c2ccccc2)ccc1=O. The van der Waals surface area contributed by atoms with Crippen LogP contribution in [0.15, 0.2) is 53.3 Å². The minimum Gasteiger partial charge on any atom is -0.364 e. The first kappa shape index (κ1) is 18.0. The van der Waals surface area contributed by atoms with Gasteiger partial charge in [-0.25, -0.2) is 9.67 Å². The normalized spacial score (nSPS) is 10.6. The molecule has 2 aromatic heterocycles. The van der Waals surface area contributed by atoms with Crippen LogP contribution in [-0.2, 0) is 0 Å². The third-order valence-electron chi connectivity index (χ3n) is 4.01. The lowest BCUT2D eigenvalue weighted by Crippen LogP contribution is -2.24. The first-order valence-electron chi connectivity index (χ1n) is 8.33. The number of benzene rings is 1. The van der Waals surface area contributed by atoms with E-state index in [2.05, 4.69) is 10.1 Å². The van der Waals surface area contributed by atoms with E-state index in [4.69, 9.17) is 5.73 Å². The van der Waals surface area contributed by atoms with Crippen molar-refractivity contribution in [2.45, 2.75) is 19.9 Å². The number of amides is 1. The highest BCUT2D eigenvalue weighted by atomic mass is 16.1. The minimum absolute atomic E-state index is 0.0567. The van der Waals surface area contributed by atoms with Crippen LogP contribution in [0.25, 0.3) is 22.5 Å². The van der Waals surface area contributed by atoms with Crippen LogP contribution in [0, 0.1) is 11.3 Å². The number of hydrogen-bond acceptors (Lipinski definition) is 5. The third-order valence-corrected chi connectivity index (χ3v) is 4.01. The van der Waals surface area contributed by atoms with Crippen LogP contribution in [0.1, 0.15) is 35.9 Å². The maximum atomic E-state index is 12.0. The van der Waals surface area contributed by atoms with Crippen LogP contribution in [0.2, 0.25) is 0 Å². The summed E-state index contributed by atoms with van der Waals surface area (Å²) >= 11 is 0. The molecular formula is C20H17N5O2. The van der Waals surface area contributed by atoms with Crippen LogP contribution in [0.4, 0.5) is 0 Å². The first-order valence-corrected chi connectivity index (χ1v) is 8.33. The molecule has 0 radical (unpaired) electrons. The molecule has 3 aromatic rings. The highest BCUT2D eigenvalue weighted by Gasteiger charge is 2.19. The zero-order valence-electron chi connectivity index (χ0n) is 14.9. The largest absolute Gasteiger partial charge is 0.364 e. The third kappa shape index (κ3) is 3.46. The quantitative estimate of drug-likeness (QED) is 0.768. The fourth-order valence-corrected chi connectivity index (χ4v) is 2.74. The standard InChI is InChI=1S/C20H17N5O2/c1-12(2)25-17(26)9-8-16(24-25)15-10-14(11-21)19(20(22)27)23-18(15)13-6-4-3-5-7-13/h3-10,12H,1-2H3,(H2,22,27). The van der Waals surface area contributed by atoms with Gasteiger partial charge in [0.2, 0.25) is 0 Å². The van der Waals surface area contributed by atoms with Crippen molar-refractivity contribution in [3.05, 3.63) is 70.1 Å². The monoisotopic (exact) mass is 359 g/mol. The second-order valence-corrected chi connectivity index (χ2v) is 6.22. The molecule has 134 valence electrons. The summed E-state index contributed by atoms with van der Waals surface area (Å²) in [7, 11) is 0. The van der Waals surface area contributed by atoms with Crippen molar-refractivity contribution in [1.29, 1.82) is 5.26 Å². The van der Waals surface area contributed by atoms with Gasteiger partial charge in [0.25, 0.3) is 11.5 Å². The number of nitriles is 1. The number of rotatable bonds is 4. The van der Waals surface area contributed by atoms with Crippen molar-refractivity contribution in [3.63, 3.8) is 0 Å². The second-order valence-electron chi connectivity index (χ2n) is 6.22. The smallest absolute Gasteiger partial charge is 0.268 e. The van der Waals surface area contributed by atoms with E-state index in [1.54, 1.807) is 6.07 Å². The summed E-state index contributed by atoms with van der Waals surface area (Å²) in [6.07, 6.45) is 0. The van der Waals surface area contributed by atoms with Crippen LogP contribution in [0.3, 0.4) is 0 Å². The summed E-state index contributed by atoms with van der Waals surface area (Å²) in [6, 6.07) is 15.6. The van der Waals surface area contributed by atoms with E-state index in [9.17, 15) is 14.9 Å². The van der Waals surface area contributed by atoms with Gasteiger partial charge in [-0.3, -0.25) is 9.59 Å². The van der Waals surface area contributed by atoms with Crippen molar-refractivity contribution in [2.75, 3.05) is 0 Å². The Balaban J connectivity index is 2.35. The van der Waals surface area contributed by atoms with E-state index in [1.807, 2.05) is 50.2 Å². The molecule has 0 aliphatic rings. The van der Waals surface area contributed by atoms with Crippen LogP contribution >= 0.6 is 0 Å². The molecular weight excluding hydrogens is 342 g/mol. The molecule has 0 unspecified atom stereocenters. The molecule has 0 spiro atoms. The van der Waals surface area contributed by atoms with Crippen molar-refractivity contribution in [3.8, 4) is 28.6 Å². The number of primary amides is 1. The summed E-state index contributed by atoms with van der Waals surface area (Å²) in [4.78, 5) is 28.1. The fraction of sp³-hybridized carbons (Fsp3) is 0.150. The van der Waals surface area contributed by atoms with Gasteiger partial charge >= 0.3 is 0 Å². The Morgan fingerprint density at radius 3 is 2.48 bits per heavy atom. The van der Waals surface area contributed by atoms with E-state index in [0.29, 0.717) is 17.0 Å². The molecule has 0 fully saturated rings. The topological polar surface area (TPSA) is 115 Å². The van der Waals surface area contributed by atoms with E-state index < -0.39 is 5.91 Å². The Bertz CT molecular complexity index is 1110. The Labute approximate surface area is 155 Å². The highest BCUT2D eigenvalue weighted by Crippen LogP contribution is 2.31. The maximum Gasteiger partial charge on any atom is 0.268 e. The van der Waals surface area contributed by atoms with Crippen LogP contribution in [0.5, 0.6) is 0 Å². The van der Waals surface area contributed by atoms with Gasteiger partial charge in [-0.05, 0) is 26.0 Å². The molecule has 7 nitrogen and oxygen atoms in total. The number of hydrogen-bond donors (Lipinski definition) is 1. The van der Waals surface area contributed by atoms with Gasteiger partial charge in [0.15, 0.2) is 0 Å². The van der Waals surface area contributed by atoms with Crippen LogP contribution in [-0.4, -0.2) is 20.7 Å². The Morgan fingerprint density at radius 2 is 1.89 bits per heavy atom. The number of nitrogens with two attached hydrogens (primary N) is 1. The Kier molecular flexibility index (Phi) is 4.81. The lowest BCUT2D eigenvalue weighted by molar-refractivity contribution is 0.0995. The van der Waals surface area contributed by atoms with Crippen molar-refractivity contribution in [2.24, 2.45) is 5.73 Å². The van der Waals surface area contributed by atoms with Crippen molar-refractivity contribution >= 4 is 5.91 Å². The zero-order chi connectivity index (χ0) is 19.6. The lowest BCUT2D eigenvalue weighted by atomic mass is 9.99. The molecule has 2 heterocycles. The molecule has 0 aliphatic carbocycles. The summed E-state index contributed by atoms with van der Waals surface area (Å²) < 4.78 is 1.36. The second kappa shape index (κ2) is 7.22. The summed E-state index contributed by atoms with van der Waals surface area (Å²) in [5.41, 5.74) is 7.34. The number of carbonyl (C=O) groups excluding carboxylic acids is 1. The average Bonchev–Trinajstić information content (AvgIpc) is 2.67. The molecule has 27 heavy (non-hydrogen) atoms. The lowest BCUT2D eigenvalue weighted by Gasteiger charge is -2.14. The molecule has 3 rings (SSSR count). The molecule has 0 saturated heterocycles. The minimum atomic E-state index is -0.782. The Hall–Kier alpha value is -3.79. The predicted molar refractivity (Wildman–Crippen MR) is 101 cm³/mol. The summed E-state index contributed by atoms with van der Waals surface area (Å²) in [6.45, 7) is 3.71. The number of nitrogens with zero attached hydrogens (tertiary/aromatic N) is 4. The van der Waals surface area contributed by atoms with Gasteiger partial charge in [0.05, 0.1) is 23.0 Å². The predicted octanol–water partition coefficient (Wildman–Crippen LogP) is 2.52. The van der Waals surface area contributed by atoms with Crippen molar-refractivity contribution < 1.29 is 4.79 Å². The average molecular weight is 359 g/mol. The molecule has 0 bridgehead atoms. The zero-order valence-corrected chi connectivity index (χ0v) is 14.9. The van der Waals surface area contributed by atoms with E-state index in [1.165, 1.54) is 16.8 Å². The van der Waals surface area contributed by atoms with Gasteiger partial charge in [0, 0.05) is 17.2 Å². The summed E-state index contributed by atoms with van der Waals surface area (Å²) in [5.74, 6) is -0.782. The molecule has 7 heteroatoms. The van der Waals surface area contributed by atoms with E-state index >= 15 is 0 Å². The van der Waals surface area contributed by atoms with Gasteiger partial charge in [0.1, 0.15) is 11.8 Å². The number of pyridine rings is 1. The molecule has 0 aliphatic heterocycles. The number of carbonyl (C=O) groups is 1.